The van der Waals surface area contributed by atoms with Gasteiger partial charge in [-0.15, -0.1) is 0 Å². The number of pyridine rings is 1. The monoisotopic (exact) mass is 583 g/mol. The van der Waals surface area contributed by atoms with E-state index in [2.05, 4.69) is 0 Å². The average Bonchev–Trinajstić information content (AvgIpc) is 3.15. The Labute approximate surface area is 237 Å². The number of amides is 1. The fourth-order valence-corrected chi connectivity index (χ4v) is 5.60. The molecule has 38 heavy (non-hydrogen) atoms. The molecule has 1 N–H and O–H groups in total. The van der Waals surface area contributed by atoms with Crippen LogP contribution in [0, 0.1) is 18.3 Å². The second-order valence-corrected chi connectivity index (χ2v) is 10.9. The number of thioether (sulfide) groups is 1. The van der Waals surface area contributed by atoms with Crippen LogP contribution in [-0.2, 0) is 11.3 Å². The van der Waals surface area contributed by atoms with Gasteiger partial charge in [-0.25, -0.2) is 0 Å². The fraction of sp³-hybridized carbons (Fsp3) is 0.148. The Hall–Kier alpha value is -3.42. The Bertz CT molecular complexity index is 1610. The summed E-state index contributed by atoms with van der Waals surface area (Å²) in [5, 5.41) is 21.5. The summed E-state index contributed by atoms with van der Waals surface area (Å²) < 4.78 is 1.25. The number of halogens is 2. The zero-order valence-electron chi connectivity index (χ0n) is 19.9. The summed E-state index contributed by atoms with van der Waals surface area (Å²) in [6.45, 7) is 1.26. The molecule has 0 atom stereocenters. The zero-order valence-corrected chi connectivity index (χ0v) is 23.0. The zero-order chi connectivity index (χ0) is 27.6. The van der Waals surface area contributed by atoms with Crippen molar-refractivity contribution in [3.05, 3.63) is 102 Å². The molecule has 0 radical (unpaired) electrons. The lowest BCUT2D eigenvalue weighted by Gasteiger charge is -2.18. The number of nitriles is 1. The molecule has 0 bridgehead atoms. The van der Waals surface area contributed by atoms with E-state index in [9.17, 15) is 24.8 Å². The van der Waals surface area contributed by atoms with Gasteiger partial charge in [-0.1, -0.05) is 77.5 Å². The largest absolute Gasteiger partial charge is 0.494 e. The predicted octanol–water partition coefficient (Wildman–Crippen LogP) is 5.56. The van der Waals surface area contributed by atoms with Gasteiger partial charge in [0.15, 0.2) is 5.78 Å². The number of aromatic nitrogens is 1. The van der Waals surface area contributed by atoms with Crippen LogP contribution in [0.2, 0.25) is 10.0 Å². The number of aromatic hydroxyl groups is 1. The van der Waals surface area contributed by atoms with Gasteiger partial charge in [-0.05, 0) is 47.9 Å². The molecule has 2 aromatic carbocycles. The van der Waals surface area contributed by atoms with E-state index >= 15 is 0 Å². The molecule has 4 rings (SSSR count). The van der Waals surface area contributed by atoms with Crippen molar-refractivity contribution in [2.45, 2.75) is 19.9 Å². The Kier molecular flexibility index (Phi) is 8.38. The summed E-state index contributed by atoms with van der Waals surface area (Å²) in [6.07, 6.45) is 1.50. The smallest absolute Gasteiger partial charge is 0.271 e. The summed E-state index contributed by atoms with van der Waals surface area (Å²) >= 11 is 18.6. The number of benzene rings is 2. The minimum Gasteiger partial charge on any atom is -0.494 e. The van der Waals surface area contributed by atoms with Gasteiger partial charge < -0.3 is 5.11 Å². The normalized spacial score (nSPS) is 14.3. The molecule has 11 heteroatoms. The minimum absolute atomic E-state index is 0.0358. The molecule has 2 heterocycles. The van der Waals surface area contributed by atoms with Crippen LogP contribution in [0.3, 0.4) is 0 Å². The highest BCUT2D eigenvalue weighted by molar-refractivity contribution is 8.26. The van der Waals surface area contributed by atoms with Gasteiger partial charge in [0.2, 0.25) is 5.88 Å². The van der Waals surface area contributed by atoms with Crippen molar-refractivity contribution < 1.29 is 14.7 Å². The molecule has 1 aliphatic heterocycles. The maximum atomic E-state index is 13.3. The molecule has 1 aromatic heterocycles. The lowest BCUT2D eigenvalue weighted by molar-refractivity contribution is -0.122. The Morgan fingerprint density at radius 1 is 1.16 bits per heavy atom. The SMILES string of the molecule is Cc1c(C(=O)CCN2C(=O)/C(=C/c3ccc(Cl)cc3)SC2=S)c(O)n(Cc2ccccc2Cl)c(=O)c1C#N. The van der Waals surface area contributed by atoms with Crippen molar-refractivity contribution in [3.63, 3.8) is 0 Å². The van der Waals surface area contributed by atoms with Crippen molar-refractivity contribution in [2.75, 3.05) is 6.54 Å². The second kappa shape index (κ2) is 11.5. The van der Waals surface area contributed by atoms with E-state index in [0.29, 0.717) is 24.8 Å². The number of rotatable bonds is 7. The predicted molar refractivity (Wildman–Crippen MR) is 153 cm³/mol. The number of nitrogens with zero attached hydrogens (tertiary/aromatic N) is 3. The third kappa shape index (κ3) is 5.54. The maximum Gasteiger partial charge on any atom is 0.271 e. The highest BCUT2D eigenvalue weighted by Crippen LogP contribution is 2.33. The number of thiocarbonyl (C=S) groups is 1. The topological polar surface area (TPSA) is 103 Å². The summed E-state index contributed by atoms with van der Waals surface area (Å²) in [4.78, 5) is 40.9. The van der Waals surface area contributed by atoms with Crippen molar-refractivity contribution in [1.29, 1.82) is 5.26 Å². The Morgan fingerprint density at radius 2 is 1.84 bits per heavy atom. The van der Waals surface area contributed by atoms with Gasteiger partial charge in [-0.2, -0.15) is 5.26 Å². The summed E-state index contributed by atoms with van der Waals surface area (Å²) in [7, 11) is 0. The molecule has 3 aromatic rings. The average molecular weight is 585 g/mol. The highest BCUT2D eigenvalue weighted by Gasteiger charge is 2.33. The van der Waals surface area contributed by atoms with E-state index in [4.69, 9.17) is 35.4 Å². The van der Waals surface area contributed by atoms with Gasteiger partial charge in [0.25, 0.3) is 11.5 Å². The number of carbonyl (C=O) groups is 2. The summed E-state index contributed by atoms with van der Waals surface area (Å²) in [5.41, 5.74) is 0.232. The Morgan fingerprint density at radius 3 is 2.50 bits per heavy atom. The van der Waals surface area contributed by atoms with Crippen LogP contribution in [0.5, 0.6) is 5.88 Å². The molecule has 0 aliphatic carbocycles. The third-order valence-electron chi connectivity index (χ3n) is 5.97. The second-order valence-electron chi connectivity index (χ2n) is 8.35. The van der Waals surface area contributed by atoms with E-state index in [1.807, 2.05) is 6.07 Å². The number of hydrogen-bond acceptors (Lipinski definition) is 7. The number of carbonyl (C=O) groups excluding carboxylic acids is 2. The van der Waals surface area contributed by atoms with Crippen LogP contribution >= 0.6 is 47.2 Å². The van der Waals surface area contributed by atoms with E-state index < -0.39 is 17.2 Å². The van der Waals surface area contributed by atoms with Crippen LogP contribution < -0.4 is 5.56 Å². The highest BCUT2D eigenvalue weighted by atomic mass is 35.5. The van der Waals surface area contributed by atoms with E-state index in [1.54, 1.807) is 54.6 Å². The molecule has 7 nitrogen and oxygen atoms in total. The molecule has 0 saturated carbocycles. The summed E-state index contributed by atoms with van der Waals surface area (Å²) in [6, 6.07) is 15.6. The third-order valence-corrected chi connectivity index (χ3v) is 7.97. The van der Waals surface area contributed by atoms with E-state index in [0.717, 1.165) is 21.9 Å². The molecular formula is C27H19Cl2N3O4S2. The van der Waals surface area contributed by atoms with Crippen LogP contribution in [0.25, 0.3) is 6.08 Å². The van der Waals surface area contributed by atoms with Gasteiger partial charge in [0.1, 0.15) is 16.0 Å². The number of ketones is 1. The van der Waals surface area contributed by atoms with Crippen LogP contribution in [0.1, 0.15) is 39.0 Å². The van der Waals surface area contributed by atoms with Gasteiger partial charge in [0.05, 0.1) is 17.0 Å². The maximum absolute atomic E-state index is 13.3. The molecule has 0 unspecified atom stereocenters. The first kappa shape index (κ1) is 27.6. The molecule has 0 spiro atoms. The lowest BCUT2D eigenvalue weighted by atomic mass is 9.99. The molecule has 1 fully saturated rings. The Balaban J connectivity index is 1.59. The van der Waals surface area contributed by atoms with Crippen molar-refractivity contribution in [2.24, 2.45) is 0 Å². The molecule has 1 aliphatic rings. The number of Topliss-reactive ketones (excluding diaryl/α,β-unsaturated/α-hetero) is 1. The molecule has 1 saturated heterocycles. The minimum atomic E-state index is -0.733. The van der Waals surface area contributed by atoms with E-state index in [1.165, 1.54) is 11.8 Å². The first-order chi connectivity index (χ1) is 18.1. The van der Waals surface area contributed by atoms with Gasteiger partial charge in [0, 0.05) is 23.0 Å². The lowest BCUT2D eigenvalue weighted by Crippen LogP contribution is -2.31. The standard InChI is InChI=1S/C27H19Cl2N3O4S2/c1-15-19(13-30)24(34)32(14-17-4-2-3-5-20(17)29)26(36)23(15)21(33)10-11-31-25(35)22(38-27(31)37)12-16-6-8-18(28)9-7-16/h2-9,12,36H,10-11,14H2,1H3/b22-12-. The van der Waals surface area contributed by atoms with Gasteiger partial charge >= 0.3 is 0 Å². The van der Waals surface area contributed by atoms with Crippen LogP contribution in [0.15, 0.2) is 58.2 Å². The van der Waals surface area contributed by atoms with Gasteiger partial charge in [-0.3, -0.25) is 23.9 Å². The van der Waals surface area contributed by atoms with E-state index in [-0.39, 0.29) is 42.1 Å². The molecule has 192 valence electrons. The van der Waals surface area contributed by atoms with Crippen molar-refractivity contribution in [3.8, 4) is 11.9 Å². The quantitative estimate of drug-likeness (QED) is 0.220. The van der Waals surface area contributed by atoms with Crippen molar-refractivity contribution in [1.82, 2.24) is 9.47 Å². The first-order valence-electron chi connectivity index (χ1n) is 11.3. The van der Waals surface area contributed by atoms with Crippen LogP contribution in [-0.4, -0.2) is 37.1 Å². The van der Waals surface area contributed by atoms with Crippen LogP contribution in [0.4, 0.5) is 0 Å². The molecular weight excluding hydrogens is 565 g/mol. The number of hydrogen-bond donors (Lipinski definition) is 1. The fourth-order valence-electron chi connectivity index (χ4n) is 3.97. The summed E-state index contributed by atoms with van der Waals surface area (Å²) in [5.74, 6) is -1.45. The molecule has 1 amide bonds. The first-order valence-corrected chi connectivity index (χ1v) is 13.2. The van der Waals surface area contributed by atoms with Crippen molar-refractivity contribution >= 4 is 69.3 Å².